The number of rotatable bonds is 12. The fraction of sp³-hybridized carbons (Fsp3) is 0.132. The normalized spacial score (nSPS) is 16.2. The van der Waals surface area contributed by atoms with Gasteiger partial charge in [0.25, 0.3) is 0 Å². The summed E-state index contributed by atoms with van der Waals surface area (Å²) in [4.78, 5) is 15.2. The van der Waals surface area contributed by atoms with Gasteiger partial charge in [-0.25, -0.2) is 14.0 Å². The fourth-order valence-electron chi connectivity index (χ4n) is 14.2. The van der Waals surface area contributed by atoms with Crippen LogP contribution in [0.25, 0.3) is 0 Å². The zero-order valence-corrected chi connectivity index (χ0v) is 65.1. The Hall–Kier alpha value is -9.84. The predicted molar refractivity (Wildman–Crippen MR) is 427 cm³/mol. The van der Waals surface area contributed by atoms with Crippen LogP contribution in [0.5, 0.6) is 0 Å². The summed E-state index contributed by atoms with van der Waals surface area (Å²) in [6.45, 7) is 0. The van der Waals surface area contributed by atoms with E-state index in [4.69, 9.17) is 34.8 Å². The zero-order chi connectivity index (χ0) is 73.3. The molecule has 0 aliphatic carbocycles. The second-order valence-corrected chi connectivity index (χ2v) is 30.6. The molecule has 3 aliphatic heterocycles. The van der Waals surface area contributed by atoms with Crippen LogP contribution in [-0.2, 0) is 37.9 Å². The van der Waals surface area contributed by atoms with Crippen LogP contribution in [0.15, 0.2) is 238 Å². The summed E-state index contributed by atoms with van der Waals surface area (Å²) in [5.41, 5.74) is 7.88. The topological polar surface area (TPSA) is 272 Å². The molecule has 3 aliphatic rings. The minimum absolute atomic E-state index is 0.284. The second kappa shape index (κ2) is 28.5. The van der Waals surface area contributed by atoms with Crippen molar-refractivity contribution >= 4 is 137 Å². The van der Waals surface area contributed by atoms with Gasteiger partial charge in [0.2, 0.25) is 17.8 Å². The Morgan fingerprint density at radius 2 is 0.708 bits per heavy atom. The largest absolute Gasteiger partial charge is 0.373 e. The van der Waals surface area contributed by atoms with E-state index in [1.807, 2.05) is 247 Å². The highest BCUT2D eigenvalue weighted by atomic mass is 127. The van der Waals surface area contributed by atoms with Gasteiger partial charge < -0.3 is 44.6 Å². The molecule has 18 rings (SSSR count). The molecule has 0 radical (unpaired) electrons. The van der Waals surface area contributed by atoms with Gasteiger partial charge in [-0.15, -0.1) is 30.6 Å². The number of halogens is 6. The van der Waals surface area contributed by atoms with Gasteiger partial charge in [-0.05, 0) is 227 Å². The summed E-state index contributed by atoms with van der Waals surface area (Å²) in [6.07, 6.45) is 9.36. The summed E-state index contributed by atoms with van der Waals surface area (Å²) in [5.74, 6) is 3.26. The van der Waals surface area contributed by atoms with Crippen LogP contribution < -0.4 is 15.5 Å². The van der Waals surface area contributed by atoms with E-state index in [0.29, 0.717) is 77.8 Å². The first-order valence-electron chi connectivity index (χ1n) is 32.9. The minimum atomic E-state index is -1.54. The smallest absolute Gasteiger partial charge is 0.228 e. The molecular weight excluding hydrogens is 1740 g/mol. The van der Waals surface area contributed by atoms with E-state index in [1.165, 1.54) is 12.7 Å². The predicted octanol–water partition coefficient (Wildman–Crippen LogP) is 14.0. The van der Waals surface area contributed by atoms with E-state index in [0.717, 1.165) is 67.1 Å². The summed E-state index contributed by atoms with van der Waals surface area (Å²) >= 11 is 25.9. The monoisotopic (exact) mass is 1800 g/mol. The highest BCUT2D eigenvalue weighted by Gasteiger charge is 2.44. The molecule has 5 N–H and O–H groups in total. The number of aliphatic hydroxyl groups is 3. The highest BCUT2D eigenvalue weighted by molar-refractivity contribution is 14.1. The maximum absolute atomic E-state index is 12.4. The number of anilines is 6. The molecule has 528 valence electrons. The van der Waals surface area contributed by atoms with Crippen molar-refractivity contribution in [3.8, 4) is 0 Å². The van der Waals surface area contributed by atoms with Gasteiger partial charge in [0.05, 0.1) is 0 Å². The first-order valence-corrected chi connectivity index (χ1v) is 37.3. The SMILES string of the molecule is CN1c2ccc(C(O)(c3ccc(I)cc3)c3nncn3C)cc2C(c2cccc(Cl)c2)n2ncnc21.Cn1cnnc1C(O)(c1ccc(I)cc1)c1ccc2c(c1)C(c1cccc(Cl)c1)n1ncnc1N2.Cn1cnnc1C(O)(c1ccc(I)cc1)c1ccc2c(c1)C(c1cccc(Cl)c1)n1ncnc1N2. The molecule has 30 heteroatoms. The van der Waals surface area contributed by atoms with Crippen molar-refractivity contribution in [1.29, 1.82) is 0 Å². The molecular formula is C76H59Cl3I3N21O3. The van der Waals surface area contributed by atoms with E-state index in [-0.39, 0.29) is 18.1 Å². The molecule has 6 unspecified atom stereocenters. The fourth-order valence-corrected chi connectivity index (χ4v) is 15.9. The molecule has 6 aromatic heterocycles. The minimum Gasteiger partial charge on any atom is -0.373 e. The van der Waals surface area contributed by atoms with Crippen molar-refractivity contribution in [3.05, 3.63) is 348 Å². The van der Waals surface area contributed by atoms with Crippen LogP contribution in [0, 0.1) is 10.7 Å². The average Bonchev–Trinajstić information content (AvgIpc) is 1.30. The van der Waals surface area contributed by atoms with Crippen LogP contribution in [0.3, 0.4) is 0 Å². The first kappa shape index (κ1) is 70.5. The molecule has 0 bridgehead atoms. The van der Waals surface area contributed by atoms with Crippen LogP contribution >= 0.6 is 103 Å². The van der Waals surface area contributed by atoms with Crippen LogP contribution in [0.4, 0.5) is 34.9 Å². The van der Waals surface area contributed by atoms with E-state index in [9.17, 15) is 15.3 Å². The average molecular weight is 1800 g/mol. The molecule has 0 fully saturated rings. The Kier molecular flexibility index (Phi) is 18.9. The zero-order valence-electron chi connectivity index (χ0n) is 56.4. The number of aryl methyl sites for hydroxylation is 3. The summed E-state index contributed by atoms with van der Waals surface area (Å²) in [6, 6.07) is 63.2. The molecule has 0 amide bonds. The second-order valence-electron chi connectivity index (χ2n) is 25.6. The molecule has 6 atom stereocenters. The number of nitrogens with zero attached hydrogens (tertiary/aromatic N) is 19. The lowest BCUT2D eigenvalue weighted by Gasteiger charge is -2.35. The molecule has 106 heavy (non-hydrogen) atoms. The summed E-state index contributed by atoms with van der Waals surface area (Å²) in [7, 11) is 7.43. The van der Waals surface area contributed by atoms with E-state index in [2.05, 4.69) is 139 Å². The maximum Gasteiger partial charge on any atom is 0.228 e. The van der Waals surface area contributed by atoms with Gasteiger partial charge in [-0.1, -0.05) is 126 Å². The van der Waals surface area contributed by atoms with Gasteiger partial charge in [0.1, 0.15) is 56.1 Å². The summed E-state index contributed by atoms with van der Waals surface area (Å²) in [5, 5.41) is 84.2. The number of hydrogen-bond acceptors (Lipinski definition) is 18. The molecule has 24 nitrogen and oxygen atoms in total. The van der Waals surface area contributed by atoms with Crippen molar-refractivity contribution in [2.24, 2.45) is 21.1 Å². The van der Waals surface area contributed by atoms with Gasteiger partial charge in [0, 0.05) is 87.7 Å². The third-order valence-corrected chi connectivity index (χ3v) is 22.1. The Labute approximate surface area is 662 Å². The number of nitrogens with one attached hydrogen (secondary N) is 2. The van der Waals surface area contributed by atoms with Crippen molar-refractivity contribution in [2.45, 2.75) is 34.9 Å². The van der Waals surface area contributed by atoms with Crippen molar-refractivity contribution in [3.63, 3.8) is 0 Å². The number of benzene rings is 9. The van der Waals surface area contributed by atoms with Gasteiger partial charge in [-0.3, -0.25) is 0 Å². The van der Waals surface area contributed by atoms with Crippen molar-refractivity contribution in [1.82, 2.24) is 88.6 Å². The number of aromatic nitrogens is 18. The molecule has 0 saturated heterocycles. The number of hydrogen-bond donors (Lipinski definition) is 5. The van der Waals surface area contributed by atoms with Gasteiger partial charge >= 0.3 is 0 Å². The van der Waals surface area contributed by atoms with Crippen LogP contribution in [0.1, 0.15) is 102 Å². The number of fused-ring (bicyclic) bond motifs is 6. The lowest BCUT2D eigenvalue weighted by atomic mass is 9.82. The van der Waals surface area contributed by atoms with Gasteiger partial charge in [0.15, 0.2) is 34.3 Å². The third kappa shape index (κ3) is 12.6. The quantitative estimate of drug-likeness (QED) is 0.0711. The Bertz CT molecular complexity index is 5560. The standard InChI is InChI=1S/C26H21ClIN7O.2C25H19ClIN7O/c1-33-15-30-32-24(33)26(36,17-6-9-20(28)10-7-17)18-8-11-22-21(13-18)23(16-4-3-5-19(27)12-16)35-25(34(22)2)29-14-31-35;2*1-33-14-29-32-23(33)25(35,16-5-8-19(27)9-6-16)17-7-10-21-20(12-17)22(15-3-2-4-18(26)11-15)34-24(31-21)28-13-30-34/h3-15,23,36H,1-2H3;2*2-14,22,35H,1H3,(H,28,30,31). The Morgan fingerprint density at radius 1 is 0.377 bits per heavy atom. The summed E-state index contributed by atoms with van der Waals surface area (Å²) < 4.78 is 14.0. The van der Waals surface area contributed by atoms with Gasteiger partial charge in [-0.2, -0.15) is 30.2 Å². The van der Waals surface area contributed by atoms with E-state index < -0.39 is 16.8 Å². The third-order valence-electron chi connectivity index (χ3n) is 19.2. The van der Waals surface area contributed by atoms with Crippen molar-refractivity contribution < 1.29 is 15.3 Å². The van der Waals surface area contributed by atoms with E-state index in [1.54, 1.807) is 39.0 Å². The first-order chi connectivity index (χ1) is 51.3. The van der Waals surface area contributed by atoms with Crippen LogP contribution in [0.2, 0.25) is 15.1 Å². The lowest BCUT2D eigenvalue weighted by Crippen LogP contribution is -2.34. The Morgan fingerprint density at radius 3 is 1.07 bits per heavy atom. The molecule has 0 spiro atoms. The lowest BCUT2D eigenvalue weighted by molar-refractivity contribution is 0.111. The maximum atomic E-state index is 12.4. The molecule has 9 aromatic carbocycles. The van der Waals surface area contributed by atoms with Crippen molar-refractivity contribution in [2.75, 3.05) is 22.6 Å². The molecule has 9 heterocycles. The van der Waals surface area contributed by atoms with E-state index >= 15 is 0 Å². The van der Waals surface area contributed by atoms with Crippen LogP contribution in [-0.4, -0.2) is 111 Å². The molecule has 0 saturated carbocycles. The Balaban J connectivity index is 0.000000122. The molecule has 15 aromatic rings. The highest BCUT2D eigenvalue weighted by Crippen LogP contribution is 2.49.